The predicted octanol–water partition coefficient (Wildman–Crippen LogP) is 2.58. The van der Waals surface area contributed by atoms with Crippen LogP contribution in [-0.2, 0) is 17.8 Å². The van der Waals surface area contributed by atoms with Gasteiger partial charge in [-0.3, -0.25) is 14.3 Å². The summed E-state index contributed by atoms with van der Waals surface area (Å²) in [5, 5.41) is 34.7. The lowest BCUT2D eigenvalue weighted by Gasteiger charge is -2.44. The molecule has 3 heterocycles. The van der Waals surface area contributed by atoms with Crippen molar-refractivity contribution in [2.75, 3.05) is 45.9 Å². The molecular weight excluding hydrogens is 527 g/mol. The summed E-state index contributed by atoms with van der Waals surface area (Å²) in [4.78, 5) is 27.7. The van der Waals surface area contributed by atoms with Gasteiger partial charge in [0.2, 0.25) is 0 Å². The molecule has 39 heavy (non-hydrogen) atoms. The summed E-state index contributed by atoms with van der Waals surface area (Å²) in [6.07, 6.45) is -0.594. The highest BCUT2D eigenvalue weighted by molar-refractivity contribution is 7.16. The highest BCUT2D eigenvalue weighted by Crippen LogP contribution is 2.36. The fourth-order valence-corrected chi connectivity index (χ4v) is 6.46. The van der Waals surface area contributed by atoms with E-state index < -0.39 is 28.6 Å². The van der Waals surface area contributed by atoms with E-state index in [1.54, 1.807) is 0 Å². The molecule has 3 aromatic rings. The summed E-state index contributed by atoms with van der Waals surface area (Å²) < 4.78 is 22.5. The summed E-state index contributed by atoms with van der Waals surface area (Å²) in [7, 11) is 0. The Kier molecular flexibility index (Phi) is 8.19. The number of phenolic OH excluding ortho intramolecular Hbond substituents is 1. The number of hydrogen-bond donors (Lipinski definition) is 4. The van der Waals surface area contributed by atoms with E-state index in [1.165, 1.54) is 4.57 Å². The second kappa shape index (κ2) is 11.6. The molecule has 1 aromatic heterocycles. The highest BCUT2D eigenvalue weighted by Gasteiger charge is 2.37. The van der Waals surface area contributed by atoms with Crippen molar-refractivity contribution in [2.24, 2.45) is 0 Å². The van der Waals surface area contributed by atoms with E-state index in [2.05, 4.69) is 10.2 Å². The molecule has 2 aliphatic heterocycles. The molecule has 0 aliphatic carbocycles. The van der Waals surface area contributed by atoms with Gasteiger partial charge in [0, 0.05) is 38.3 Å². The maximum Gasteiger partial charge on any atom is 0.407 e. The number of aromatic nitrogens is 1. The first-order valence-electron chi connectivity index (χ1n) is 13.1. The quantitative estimate of drug-likeness (QED) is 0.331. The van der Waals surface area contributed by atoms with Crippen LogP contribution in [0.25, 0.3) is 10.2 Å². The first-order valence-corrected chi connectivity index (χ1v) is 13.9. The number of rotatable bonds is 8. The second-order valence-corrected chi connectivity index (χ2v) is 11.2. The lowest BCUT2D eigenvalue weighted by atomic mass is 9.90. The number of nitrogens with zero attached hydrogens (tertiary/aromatic N) is 3. The van der Waals surface area contributed by atoms with Crippen LogP contribution in [0.1, 0.15) is 30.1 Å². The molecule has 1 atom stereocenters. The van der Waals surface area contributed by atoms with Crippen LogP contribution in [0.2, 0.25) is 0 Å². The van der Waals surface area contributed by atoms with E-state index in [1.807, 2.05) is 30.3 Å². The minimum atomic E-state index is -1.40. The minimum Gasteiger partial charge on any atom is -0.503 e. The number of carbonyl (C=O) groups is 1. The zero-order valence-electron chi connectivity index (χ0n) is 21.5. The summed E-state index contributed by atoms with van der Waals surface area (Å²) in [5.41, 5.74) is 0.826. The van der Waals surface area contributed by atoms with E-state index in [0.717, 1.165) is 53.8 Å². The van der Waals surface area contributed by atoms with E-state index in [0.29, 0.717) is 26.1 Å². The van der Waals surface area contributed by atoms with E-state index in [4.69, 9.17) is 4.74 Å². The van der Waals surface area contributed by atoms with Crippen LogP contribution >= 0.6 is 11.3 Å². The maximum atomic E-state index is 14.9. The largest absolute Gasteiger partial charge is 0.503 e. The molecule has 10 nitrogen and oxygen atoms in total. The number of morpholine rings is 1. The van der Waals surface area contributed by atoms with Gasteiger partial charge in [-0.25, -0.2) is 9.18 Å². The van der Waals surface area contributed by atoms with E-state index in [-0.39, 0.29) is 41.1 Å². The molecule has 0 radical (unpaired) electrons. The number of likely N-dealkylation sites (tertiary alicyclic amines) is 1. The zero-order chi connectivity index (χ0) is 27.6. The Hall–Kier alpha value is -3.03. The number of fused-ring (bicyclic) bond motifs is 1. The predicted molar refractivity (Wildman–Crippen MR) is 145 cm³/mol. The van der Waals surface area contributed by atoms with Gasteiger partial charge in [-0.15, -0.1) is 0 Å². The molecule has 0 saturated carbocycles. The van der Waals surface area contributed by atoms with Crippen LogP contribution in [0.3, 0.4) is 0 Å². The zero-order valence-corrected chi connectivity index (χ0v) is 22.3. The summed E-state index contributed by atoms with van der Waals surface area (Å²) >= 11 is 0.806. The minimum absolute atomic E-state index is 0.0149. The number of piperidine rings is 1. The Morgan fingerprint density at radius 1 is 1.26 bits per heavy atom. The van der Waals surface area contributed by atoms with Gasteiger partial charge in [0.05, 0.1) is 36.2 Å². The molecule has 12 heteroatoms. The highest BCUT2D eigenvalue weighted by atomic mass is 32.1. The molecule has 210 valence electrons. The number of aliphatic hydroxyl groups is 1. The summed E-state index contributed by atoms with van der Waals surface area (Å²) in [5.74, 6) is -1.64. The second-order valence-electron chi connectivity index (χ2n) is 10.2. The van der Waals surface area contributed by atoms with Gasteiger partial charge < -0.3 is 30.3 Å². The number of phenols is 1. The number of amides is 1. The van der Waals surface area contributed by atoms with Gasteiger partial charge in [0.25, 0.3) is 0 Å². The van der Waals surface area contributed by atoms with Gasteiger partial charge in [-0.1, -0.05) is 41.7 Å². The summed E-state index contributed by atoms with van der Waals surface area (Å²) in [6.45, 7) is 3.61. The lowest BCUT2D eigenvalue weighted by molar-refractivity contribution is -0.103. The number of hydrogen-bond acceptors (Lipinski definition) is 8. The van der Waals surface area contributed by atoms with Crippen LogP contribution in [0.5, 0.6) is 5.75 Å². The standard InChI is InChI=1S/C27H33FN4O6S/c28-20-14-19(21(33)15-31(25(35)36)10-6-18-4-2-1-3-5-18)24-22(23(20)34)32(26(37)39-24)17-30-11-7-27(8-12-30)16-29-9-13-38-27/h1-5,14,21,29,33-34H,6-13,15-17H2,(H,35,36). The van der Waals surface area contributed by atoms with Gasteiger partial charge in [-0.2, -0.15) is 0 Å². The maximum absolute atomic E-state index is 14.9. The summed E-state index contributed by atoms with van der Waals surface area (Å²) in [6, 6.07) is 10.3. The van der Waals surface area contributed by atoms with Crippen LogP contribution in [0, 0.1) is 5.82 Å². The molecule has 4 N–H and O–H groups in total. The monoisotopic (exact) mass is 560 g/mol. The van der Waals surface area contributed by atoms with E-state index in [9.17, 15) is 29.3 Å². The lowest BCUT2D eigenvalue weighted by Crippen LogP contribution is -2.55. The number of aliphatic hydroxyl groups excluding tert-OH is 1. The molecule has 1 spiro atoms. The first kappa shape index (κ1) is 27.5. The fourth-order valence-electron chi connectivity index (χ4n) is 5.41. The Labute approximate surface area is 228 Å². The Morgan fingerprint density at radius 2 is 2.00 bits per heavy atom. The molecule has 2 fully saturated rings. The third-order valence-electron chi connectivity index (χ3n) is 7.67. The molecule has 2 saturated heterocycles. The van der Waals surface area contributed by atoms with Gasteiger partial charge in [0.1, 0.15) is 5.52 Å². The van der Waals surface area contributed by atoms with Crippen LogP contribution in [0.4, 0.5) is 9.18 Å². The Morgan fingerprint density at radius 3 is 2.67 bits per heavy atom. The van der Waals surface area contributed by atoms with Crippen LogP contribution in [0.15, 0.2) is 41.2 Å². The van der Waals surface area contributed by atoms with Crippen molar-refractivity contribution in [3.8, 4) is 5.75 Å². The molecule has 1 amide bonds. The number of nitrogens with one attached hydrogen (secondary N) is 1. The molecule has 5 rings (SSSR count). The molecule has 1 unspecified atom stereocenters. The number of thiazole rings is 1. The third kappa shape index (κ3) is 5.94. The van der Waals surface area contributed by atoms with Gasteiger partial charge in [0.15, 0.2) is 11.6 Å². The van der Waals surface area contributed by atoms with Crippen molar-refractivity contribution in [2.45, 2.75) is 37.6 Å². The van der Waals surface area contributed by atoms with Crippen molar-refractivity contribution in [3.63, 3.8) is 0 Å². The third-order valence-corrected chi connectivity index (χ3v) is 8.70. The Bertz CT molecular complexity index is 1360. The number of benzene rings is 2. The smallest absolute Gasteiger partial charge is 0.407 e. The Balaban J connectivity index is 1.35. The number of halogens is 1. The van der Waals surface area contributed by atoms with Gasteiger partial charge >= 0.3 is 11.0 Å². The van der Waals surface area contributed by atoms with Crippen LogP contribution < -0.4 is 10.2 Å². The molecule has 2 aliphatic rings. The van der Waals surface area contributed by atoms with Crippen molar-refractivity contribution in [3.05, 3.63) is 63.0 Å². The normalized spacial score (nSPS) is 18.4. The topological polar surface area (TPSA) is 128 Å². The molecule has 2 aromatic carbocycles. The van der Waals surface area contributed by atoms with Crippen molar-refractivity contribution in [1.82, 2.24) is 19.7 Å². The molecule has 0 bridgehead atoms. The van der Waals surface area contributed by atoms with Crippen LogP contribution in [-0.4, -0.2) is 87.3 Å². The van der Waals surface area contributed by atoms with Crippen molar-refractivity contribution < 1.29 is 29.2 Å². The number of ether oxygens (including phenoxy) is 1. The average Bonchev–Trinajstić information content (AvgIpc) is 3.26. The van der Waals surface area contributed by atoms with Crippen molar-refractivity contribution in [1.29, 1.82) is 0 Å². The first-order chi connectivity index (χ1) is 18.8. The average molecular weight is 561 g/mol. The number of aromatic hydroxyl groups is 1. The van der Waals surface area contributed by atoms with E-state index >= 15 is 0 Å². The molecular formula is C27H33FN4O6S. The van der Waals surface area contributed by atoms with Crippen molar-refractivity contribution >= 4 is 27.6 Å². The SMILES string of the molecule is O=C(O)N(CCc1ccccc1)CC(O)c1cc(F)c(O)c2c1sc(=O)n2CN1CCC2(CC1)CNCCO2. The number of carboxylic acid groups (broad SMARTS) is 1. The fraction of sp³-hybridized carbons (Fsp3) is 0.481. The van der Waals surface area contributed by atoms with Gasteiger partial charge in [-0.05, 0) is 30.9 Å².